The summed E-state index contributed by atoms with van der Waals surface area (Å²) in [4.78, 5) is 30.7. The minimum Gasteiger partial charge on any atom is -0.340 e. The van der Waals surface area contributed by atoms with Crippen molar-refractivity contribution in [3.63, 3.8) is 0 Å². The van der Waals surface area contributed by atoms with Gasteiger partial charge in [0.1, 0.15) is 0 Å². The molecule has 2 aromatic rings. The quantitative estimate of drug-likeness (QED) is 0.801. The monoisotopic (exact) mass is 352 g/mol. The Bertz CT molecular complexity index is 907. The van der Waals surface area contributed by atoms with Crippen LogP contribution in [-0.4, -0.2) is 65.4 Å². The zero-order chi connectivity index (χ0) is 17.3. The second-order valence-corrected chi connectivity index (χ2v) is 8.07. The Labute approximate surface area is 139 Å². The zero-order valence-electron chi connectivity index (χ0n) is 13.4. The molecule has 2 heterocycles. The van der Waals surface area contributed by atoms with E-state index in [1.54, 1.807) is 24.0 Å². The van der Waals surface area contributed by atoms with Crippen LogP contribution in [0, 0.1) is 0 Å². The first-order valence-corrected chi connectivity index (χ1v) is 9.46. The van der Waals surface area contributed by atoms with Crippen molar-refractivity contribution in [3.05, 3.63) is 34.2 Å². The van der Waals surface area contributed by atoms with Crippen LogP contribution < -0.4 is 5.69 Å². The molecule has 24 heavy (non-hydrogen) atoms. The largest absolute Gasteiger partial charge is 0.340 e. The molecule has 1 fully saturated rings. The predicted octanol–water partition coefficient (Wildman–Crippen LogP) is -0.107. The first kappa shape index (κ1) is 16.7. The van der Waals surface area contributed by atoms with Gasteiger partial charge < -0.3 is 14.9 Å². The minimum atomic E-state index is -3.19. The summed E-state index contributed by atoms with van der Waals surface area (Å²) in [7, 11) is -3.19. The number of nitrogens with one attached hydrogen (secondary N) is 2. The Morgan fingerprint density at radius 2 is 1.79 bits per heavy atom. The second-order valence-electron chi connectivity index (χ2n) is 5.82. The number of rotatable bonds is 4. The van der Waals surface area contributed by atoms with Gasteiger partial charge in [-0.15, -0.1) is 0 Å². The molecule has 3 rings (SSSR count). The van der Waals surface area contributed by atoms with Gasteiger partial charge in [0.25, 0.3) is 0 Å². The lowest BCUT2D eigenvalue weighted by Crippen LogP contribution is -2.51. The fourth-order valence-corrected chi connectivity index (χ4v) is 3.96. The molecule has 2 N–H and O–H groups in total. The number of hydrogen-bond acceptors (Lipinski definition) is 4. The molecule has 1 aliphatic heterocycles. The molecule has 1 aromatic carbocycles. The van der Waals surface area contributed by atoms with Crippen molar-refractivity contribution in [1.29, 1.82) is 0 Å². The maximum Gasteiger partial charge on any atom is 0.323 e. The number of nitrogens with zero attached hydrogens (tertiary/aromatic N) is 2. The Morgan fingerprint density at radius 3 is 2.46 bits per heavy atom. The first-order valence-electron chi connectivity index (χ1n) is 7.85. The van der Waals surface area contributed by atoms with Gasteiger partial charge in [0, 0.05) is 26.2 Å². The highest BCUT2D eigenvalue weighted by molar-refractivity contribution is 7.89. The van der Waals surface area contributed by atoms with Gasteiger partial charge in [-0.05, 0) is 24.6 Å². The molecule has 1 aromatic heterocycles. The molecule has 9 heteroatoms. The van der Waals surface area contributed by atoms with Crippen LogP contribution in [0.25, 0.3) is 11.0 Å². The van der Waals surface area contributed by atoms with Crippen LogP contribution in [-0.2, 0) is 21.2 Å². The van der Waals surface area contributed by atoms with Gasteiger partial charge in [-0.2, -0.15) is 4.31 Å². The number of carbonyl (C=O) groups is 1. The van der Waals surface area contributed by atoms with E-state index in [0.29, 0.717) is 37.2 Å². The second kappa shape index (κ2) is 6.40. The fourth-order valence-electron chi connectivity index (χ4n) is 2.87. The Kier molecular flexibility index (Phi) is 4.46. The number of fused-ring (bicyclic) bond motifs is 1. The van der Waals surface area contributed by atoms with Crippen molar-refractivity contribution in [2.24, 2.45) is 0 Å². The van der Waals surface area contributed by atoms with Gasteiger partial charge in [0.05, 0.1) is 23.2 Å². The van der Waals surface area contributed by atoms with Crippen LogP contribution in [0.1, 0.15) is 12.5 Å². The molecular weight excluding hydrogens is 332 g/mol. The lowest BCUT2D eigenvalue weighted by molar-refractivity contribution is -0.131. The smallest absolute Gasteiger partial charge is 0.323 e. The highest BCUT2D eigenvalue weighted by atomic mass is 32.2. The van der Waals surface area contributed by atoms with Gasteiger partial charge >= 0.3 is 5.69 Å². The number of benzene rings is 1. The minimum absolute atomic E-state index is 0.0409. The van der Waals surface area contributed by atoms with Crippen LogP contribution >= 0.6 is 0 Å². The van der Waals surface area contributed by atoms with E-state index in [2.05, 4.69) is 9.97 Å². The van der Waals surface area contributed by atoms with Crippen molar-refractivity contribution >= 4 is 27.0 Å². The van der Waals surface area contributed by atoms with Crippen LogP contribution in [0.2, 0.25) is 0 Å². The molecule has 0 aliphatic carbocycles. The summed E-state index contributed by atoms with van der Waals surface area (Å²) < 4.78 is 25.1. The summed E-state index contributed by atoms with van der Waals surface area (Å²) in [5, 5.41) is 0. The van der Waals surface area contributed by atoms with Crippen LogP contribution in [0.4, 0.5) is 0 Å². The van der Waals surface area contributed by atoms with E-state index in [1.165, 1.54) is 4.31 Å². The fraction of sp³-hybridized carbons (Fsp3) is 0.467. The molecule has 1 amide bonds. The molecular formula is C15H20N4O4S. The predicted molar refractivity (Wildman–Crippen MR) is 90.2 cm³/mol. The van der Waals surface area contributed by atoms with Crippen molar-refractivity contribution in [2.45, 2.75) is 13.3 Å². The third kappa shape index (κ3) is 3.36. The molecule has 8 nitrogen and oxygen atoms in total. The van der Waals surface area contributed by atoms with Crippen molar-refractivity contribution in [2.75, 3.05) is 31.9 Å². The maximum absolute atomic E-state index is 12.4. The topological polar surface area (TPSA) is 106 Å². The van der Waals surface area contributed by atoms with Crippen molar-refractivity contribution in [1.82, 2.24) is 19.2 Å². The average molecular weight is 352 g/mol. The first-order chi connectivity index (χ1) is 11.4. The number of sulfonamides is 1. The van der Waals surface area contributed by atoms with Crippen LogP contribution in [0.5, 0.6) is 0 Å². The highest BCUT2D eigenvalue weighted by Crippen LogP contribution is 2.13. The molecule has 0 atom stereocenters. The lowest BCUT2D eigenvalue weighted by atomic mass is 10.1. The van der Waals surface area contributed by atoms with Gasteiger partial charge in [0.15, 0.2) is 0 Å². The summed E-state index contributed by atoms with van der Waals surface area (Å²) in [6.07, 6.45) is 0.226. The number of amides is 1. The van der Waals surface area contributed by atoms with E-state index in [-0.39, 0.29) is 23.8 Å². The summed E-state index contributed by atoms with van der Waals surface area (Å²) >= 11 is 0. The van der Waals surface area contributed by atoms with Gasteiger partial charge in [0.2, 0.25) is 15.9 Å². The molecule has 1 saturated heterocycles. The van der Waals surface area contributed by atoms with E-state index in [4.69, 9.17) is 0 Å². The molecule has 0 bridgehead atoms. The highest BCUT2D eigenvalue weighted by Gasteiger charge is 2.27. The average Bonchev–Trinajstić information content (AvgIpc) is 2.94. The number of imidazole rings is 1. The van der Waals surface area contributed by atoms with Crippen LogP contribution in [0.15, 0.2) is 23.0 Å². The van der Waals surface area contributed by atoms with E-state index < -0.39 is 10.0 Å². The van der Waals surface area contributed by atoms with Crippen molar-refractivity contribution in [3.8, 4) is 0 Å². The summed E-state index contributed by atoms with van der Waals surface area (Å²) in [5.41, 5.74) is 1.91. The summed E-state index contributed by atoms with van der Waals surface area (Å²) in [6.45, 7) is 3.11. The number of aromatic nitrogens is 2. The zero-order valence-corrected chi connectivity index (χ0v) is 14.2. The summed E-state index contributed by atoms with van der Waals surface area (Å²) in [5.74, 6) is 0.0382. The maximum atomic E-state index is 12.4. The SMILES string of the molecule is CCS(=O)(=O)N1CCN(C(=O)Cc2ccc3[nH]c(=O)[nH]c3c2)CC1. The standard InChI is InChI=1S/C15H20N4O4S/c1-2-24(22,23)19-7-5-18(6-8-19)14(20)10-11-3-4-12-13(9-11)17-15(21)16-12/h3-4,9H,2,5-8,10H2,1H3,(H2,16,17,21). The Hall–Kier alpha value is -2.13. The number of H-pyrrole nitrogens is 2. The van der Waals surface area contributed by atoms with Gasteiger partial charge in [-0.3, -0.25) is 4.79 Å². The van der Waals surface area contributed by atoms with Gasteiger partial charge in [-0.1, -0.05) is 6.07 Å². The number of piperazine rings is 1. The van der Waals surface area contributed by atoms with E-state index in [1.807, 2.05) is 6.07 Å². The van der Waals surface area contributed by atoms with E-state index in [9.17, 15) is 18.0 Å². The third-order valence-electron chi connectivity index (χ3n) is 4.29. The molecule has 0 unspecified atom stereocenters. The normalized spacial score (nSPS) is 16.6. The Morgan fingerprint density at radius 1 is 1.12 bits per heavy atom. The molecule has 0 radical (unpaired) electrons. The van der Waals surface area contributed by atoms with Gasteiger partial charge in [-0.25, -0.2) is 13.2 Å². The number of hydrogen-bond donors (Lipinski definition) is 2. The van der Waals surface area contributed by atoms with E-state index in [0.717, 1.165) is 5.56 Å². The number of aromatic amines is 2. The van der Waals surface area contributed by atoms with E-state index >= 15 is 0 Å². The molecule has 1 aliphatic rings. The van der Waals surface area contributed by atoms with Crippen molar-refractivity contribution < 1.29 is 13.2 Å². The van der Waals surface area contributed by atoms with Crippen LogP contribution in [0.3, 0.4) is 0 Å². The molecule has 0 saturated carbocycles. The molecule has 0 spiro atoms. The molecule has 130 valence electrons. The lowest BCUT2D eigenvalue weighted by Gasteiger charge is -2.33. The summed E-state index contributed by atoms with van der Waals surface area (Å²) in [6, 6.07) is 5.35. The Balaban J connectivity index is 1.64. The third-order valence-corrected chi connectivity index (χ3v) is 6.17. The number of carbonyl (C=O) groups excluding carboxylic acids is 1.